The van der Waals surface area contributed by atoms with Gasteiger partial charge in [-0.2, -0.15) is 0 Å². The summed E-state index contributed by atoms with van der Waals surface area (Å²) >= 11 is 5.87. The zero-order valence-electron chi connectivity index (χ0n) is 17.4. The molecule has 2 rings (SSSR count). The lowest BCUT2D eigenvalue weighted by Crippen LogP contribution is -2.52. The monoisotopic (exact) mass is 424 g/mol. The van der Waals surface area contributed by atoms with Gasteiger partial charge in [0.15, 0.2) is 5.60 Å². The van der Waals surface area contributed by atoms with Gasteiger partial charge in [-0.05, 0) is 57.9 Å². The van der Waals surface area contributed by atoms with Crippen molar-refractivity contribution in [3.8, 4) is 5.75 Å². The molecule has 0 saturated carbocycles. The molecule has 1 atom stereocenters. The molecule has 1 heterocycles. The molecule has 8 heteroatoms. The molecule has 160 valence electrons. The molecule has 1 unspecified atom stereocenters. The van der Waals surface area contributed by atoms with E-state index in [0.29, 0.717) is 36.9 Å². The molecule has 0 aromatic heterocycles. The second kappa shape index (κ2) is 9.96. The van der Waals surface area contributed by atoms with Gasteiger partial charge in [-0.15, -0.1) is 0 Å². The second-order valence-corrected chi connectivity index (χ2v) is 8.09. The van der Waals surface area contributed by atoms with Gasteiger partial charge >= 0.3 is 5.97 Å². The SMILES string of the molecule is CCOC(=O)C1CCCN(C(=O)CN(C)C(=O)C(C)(C)Oc2ccc(Cl)cc2)C1. The highest BCUT2D eigenvalue weighted by Crippen LogP contribution is 2.23. The molecule has 0 aliphatic carbocycles. The Kier molecular flexibility index (Phi) is 7.90. The number of likely N-dealkylation sites (tertiary alicyclic amines) is 1. The van der Waals surface area contributed by atoms with Gasteiger partial charge in [0.1, 0.15) is 5.75 Å². The number of benzene rings is 1. The van der Waals surface area contributed by atoms with Crippen LogP contribution in [0.1, 0.15) is 33.6 Å². The van der Waals surface area contributed by atoms with Crippen molar-refractivity contribution >= 4 is 29.4 Å². The Morgan fingerprint density at radius 3 is 2.52 bits per heavy atom. The van der Waals surface area contributed by atoms with Crippen molar-refractivity contribution < 1.29 is 23.9 Å². The van der Waals surface area contributed by atoms with Crippen molar-refractivity contribution in [2.24, 2.45) is 5.92 Å². The van der Waals surface area contributed by atoms with Crippen LogP contribution in [0, 0.1) is 5.92 Å². The molecule has 0 spiro atoms. The lowest BCUT2D eigenvalue weighted by molar-refractivity contribution is -0.153. The maximum atomic E-state index is 12.8. The highest BCUT2D eigenvalue weighted by Gasteiger charge is 2.35. The summed E-state index contributed by atoms with van der Waals surface area (Å²) in [5.41, 5.74) is -1.15. The number of esters is 1. The Hall–Kier alpha value is -2.28. The van der Waals surface area contributed by atoms with E-state index in [1.807, 2.05) is 0 Å². The number of carbonyl (C=O) groups is 3. The number of rotatable bonds is 7. The lowest BCUT2D eigenvalue weighted by atomic mass is 9.98. The minimum absolute atomic E-state index is 0.0816. The third kappa shape index (κ3) is 6.35. The molecular formula is C21H29ClN2O5. The molecule has 7 nitrogen and oxygen atoms in total. The average molecular weight is 425 g/mol. The third-order valence-corrected chi connectivity index (χ3v) is 5.07. The highest BCUT2D eigenvalue weighted by atomic mass is 35.5. The van der Waals surface area contributed by atoms with Crippen LogP contribution >= 0.6 is 11.6 Å². The van der Waals surface area contributed by atoms with Crippen molar-refractivity contribution in [3.63, 3.8) is 0 Å². The van der Waals surface area contributed by atoms with Gasteiger partial charge in [-0.3, -0.25) is 14.4 Å². The van der Waals surface area contributed by atoms with Gasteiger partial charge in [-0.25, -0.2) is 0 Å². The summed E-state index contributed by atoms with van der Waals surface area (Å²) in [5, 5.41) is 0.576. The first-order chi connectivity index (χ1) is 13.6. The number of piperidine rings is 1. The Morgan fingerprint density at radius 2 is 1.90 bits per heavy atom. The molecule has 1 aromatic carbocycles. The van der Waals surface area contributed by atoms with Crippen LogP contribution in [-0.2, 0) is 19.1 Å². The van der Waals surface area contributed by atoms with Crippen LogP contribution in [0.5, 0.6) is 5.75 Å². The van der Waals surface area contributed by atoms with Crippen LogP contribution in [0.25, 0.3) is 0 Å². The van der Waals surface area contributed by atoms with Gasteiger partial charge in [-0.1, -0.05) is 11.6 Å². The number of hydrogen-bond acceptors (Lipinski definition) is 5. The minimum atomic E-state index is -1.15. The normalized spacial score (nSPS) is 16.9. The number of nitrogens with zero attached hydrogens (tertiary/aromatic N) is 2. The molecule has 1 saturated heterocycles. The minimum Gasteiger partial charge on any atom is -0.478 e. The van der Waals surface area contributed by atoms with Crippen LogP contribution in [-0.4, -0.2) is 66.5 Å². The molecule has 1 aliphatic rings. The maximum Gasteiger partial charge on any atom is 0.310 e. The largest absolute Gasteiger partial charge is 0.478 e. The Labute approximate surface area is 176 Å². The van der Waals surface area contributed by atoms with E-state index in [-0.39, 0.29) is 30.2 Å². The number of halogens is 1. The van der Waals surface area contributed by atoms with E-state index in [2.05, 4.69) is 0 Å². The van der Waals surface area contributed by atoms with Crippen LogP contribution in [0.4, 0.5) is 0 Å². The van der Waals surface area contributed by atoms with E-state index in [0.717, 1.165) is 6.42 Å². The molecule has 0 bridgehead atoms. The van der Waals surface area contributed by atoms with Crippen molar-refractivity contribution in [3.05, 3.63) is 29.3 Å². The molecule has 2 amide bonds. The fraction of sp³-hybridized carbons (Fsp3) is 0.571. The first-order valence-electron chi connectivity index (χ1n) is 9.78. The summed E-state index contributed by atoms with van der Waals surface area (Å²) in [5.74, 6) is -0.581. The summed E-state index contributed by atoms with van der Waals surface area (Å²) in [4.78, 5) is 40.5. The highest BCUT2D eigenvalue weighted by molar-refractivity contribution is 6.30. The number of amides is 2. The van der Waals surface area contributed by atoms with Gasteiger partial charge in [0.2, 0.25) is 5.91 Å². The van der Waals surface area contributed by atoms with E-state index >= 15 is 0 Å². The first-order valence-corrected chi connectivity index (χ1v) is 10.2. The Balaban J connectivity index is 1.94. The lowest BCUT2D eigenvalue weighted by Gasteiger charge is -2.34. The van der Waals surface area contributed by atoms with Crippen molar-refractivity contribution in [2.45, 2.75) is 39.2 Å². The van der Waals surface area contributed by atoms with E-state index in [4.69, 9.17) is 21.1 Å². The van der Waals surface area contributed by atoms with E-state index in [1.54, 1.807) is 57.0 Å². The summed E-state index contributed by atoms with van der Waals surface area (Å²) in [6, 6.07) is 6.74. The standard InChI is InChI=1S/C21H29ClN2O5/c1-5-28-19(26)15-7-6-12-24(13-15)18(25)14-23(4)20(27)21(2,3)29-17-10-8-16(22)9-11-17/h8-11,15H,5-7,12-14H2,1-4H3. The summed E-state index contributed by atoms with van der Waals surface area (Å²) < 4.78 is 10.9. The van der Waals surface area contributed by atoms with Crippen LogP contribution < -0.4 is 4.74 Å². The van der Waals surface area contributed by atoms with Crippen molar-refractivity contribution in [1.29, 1.82) is 0 Å². The van der Waals surface area contributed by atoms with E-state index in [1.165, 1.54) is 4.90 Å². The van der Waals surface area contributed by atoms with E-state index < -0.39 is 5.60 Å². The fourth-order valence-electron chi connectivity index (χ4n) is 3.33. The fourth-order valence-corrected chi connectivity index (χ4v) is 3.46. The summed E-state index contributed by atoms with van der Waals surface area (Å²) in [6.45, 7) is 6.21. The maximum absolute atomic E-state index is 12.8. The van der Waals surface area contributed by atoms with Gasteiger partial charge in [0.05, 0.1) is 19.1 Å². The van der Waals surface area contributed by atoms with Crippen molar-refractivity contribution in [2.75, 3.05) is 33.3 Å². The number of carbonyl (C=O) groups excluding carboxylic acids is 3. The van der Waals surface area contributed by atoms with Crippen LogP contribution in [0.15, 0.2) is 24.3 Å². The number of hydrogen-bond donors (Lipinski definition) is 0. The molecule has 0 N–H and O–H groups in total. The Bertz CT molecular complexity index is 735. The molecule has 0 radical (unpaired) electrons. The predicted molar refractivity (Wildman–Crippen MR) is 110 cm³/mol. The van der Waals surface area contributed by atoms with Gasteiger partial charge in [0, 0.05) is 25.2 Å². The second-order valence-electron chi connectivity index (χ2n) is 7.66. The van der Waals surface area contributed by atoms with Gasteiger partial charge < -0.3 is 19.3 Å². The van der Waals surface area contributed by atoms with Crippen molar-refractivity contribution in [1.82, 2.24) is 9.80 Å². The molecule has 1 aliphatic heterocycles. The summed E-state index contributed by atoms with van der Waals surface area (Å²) in [7, 11) is 1.57. The van der Waals surface area contributed by atoms with E-state index in [9.17, 15) is 14.4 Å². The number of likely N-dealkylation sites (N-methyl/N-ethyl adjacent to an activating group) is 1. The predicted octanol–water partition coefficient (Wildman–Crippen LogP) is 2.76. The zero-order chi connectivity index (χ0) is 21.6. The first kappa shape index (κ1) is 23.0. The third-order valence-electron chi connectivity index (χ3n) is 4.81. The topological polar surface area (TPSA) is 76.2 Å². The van der Waals surface area contributed by atoms with Crippen LogP contribution in [0.3, 0.4) is 0 Å². The van der Waals surface area contributed by atoms with Gasteiger partial charge in [0.25, 0.3) is 5.91 Å². The average Bonchev–Trinajstić information content (AvgIpc) is 2.69. The zero-order valence-corrected chi connectivity index (χ0v) is 18.2. The quantitative estimate of drug-likeness (QED) is 0.629. The Morgan fingerprint density at radius 1 is 1.24 bits per heavy atom. The number of ether oxygens (including phenoxy) is 2. The molecular weight excluding hydrogens is 396 g/mol. The molecule has 1 aromatic rings. The molecule has 1 fully saturated rings. The summed E-state index contributed by atoms with van der Waals surface area (Å²) in [6.07, 6.45) is 1.44. The van der Waals surface area contributed by atoms with Crippen LogP contribution in [0.2, 0.25) is 5.02 Å². The molecule has 29 heavy (non-hydrogen) atoms. The smallest absolute Gasteiger partial charge is 0.310 e.